The number of amides is 2. The van der Waals surface area contributed by atoms with Crippen LogP contribution in [0, 0.1) is 11.8 Å². The number of phenolic OH excluding ortho intramolecular Hbond substituents is 1. The van der Waals surface area contributed by atoms with Gasteiger partial charge < -0.3 is 14.9 Å². The van der Waals surface area contributed by atoms with E-state index in [1.165, 1.54) is 16.7 Å². The molecule has 2 heterocycles. The number of rotatable bonds is 9. The Morgan fingerprint density at radius 3 is 2.53 bits per heavy atom. The average Bonchev–Trinajstić information content (AvgIpc) is 3.30. The molecule has 2 aromatic rings. The van der Waals surface area contributed by atoms with Gasteiger partial charge in [0.25, 0.3) is 0 Å². The predicted molar refractivity (Wildman–Crippen MR) is 127 cm³/mol. The molecule has 0 aliphatic carbocycles. The molecule has 0 saturated carbocycles. The first-order chi connectivity index (χ1) is 16.4. The Morgan fingerprint density at radius 2 is 1.88 bits per heavy atom. The third-order valence-corrected chi connectivity index (χ3v) is 7.29. The summed E-state index contributed by atoms with van der Waals surface area (Å²) in [5, 5.41) is 24.4. The molecule has 2 amide bonds. The maximum Gasteiger partial charge on any atom is 0.324 e. The zero-order chi connectivity index (χ0) is 24.5. The Morgan fingerprint density at radius 1 is 1.15 bits per heavy atom. The molecule has 4 unspecified atom stereocenters. The van der Waals surface area contributed by atoms with E-state index >= 15 is 0 Å². The highest BCUT2D eigenvalue weighted by Gasteiger charge is 2.68. The highest BCUT2D eigenvalue weighted by atomic mass is 32.2. The lowest BCUT2D eigenvalue weighted by atomic mass is 9.78. The summed E-state index contributed by atoms with van der Waals surface area (Å²) in [7, 11) is 0. The summed E-state index contributed by atoms with van der Waals surface area (Å²) in [5.74, 6) is -3.60. The lowest BCUT2D eigenvalue weighted by Crippen LogP contribution is -2.56. The first-order valence-corrected chi connectivity index (χ1v) is 12.6. The molecule has 4 atom stereocenters. The van der Waals surface area contributed by atoms with E-state index in [2.05, 4.69) is 5.32 Å². The van der Waals surface area contributed by atoms with E-state index in [0.717, 1.165) is 5.56 Å². The Hall–Kier alpha value is -3.04. The minimum atomic E-state index is -1.63. The van der Waals surface area contributed by atoms with Crippen LogP contribution in [0.1, 0.15) is 30.5 Å². The number of ether oxygens (including phenoxy) is 1. The van der Waals surface area contributed by atoms with Crippen molar-refractivity contribution in [3.8, 4) is 11.5 Å². The molecule has 3 N–H and O–H groups in total. The largest absolute Gasteiger partial charge is 0.504 e. The number of phenols is 1. The molecule has 0 radical (unpaired) electrons. The molecular formula is C25H28N2O6S. The molecule has 2 aliphatic rings. The van der Waals surface area contributed by atoms with Crippen LogP contribution in [0.2, 0.25) is 0 Å². The van der Waals surface area contributed by atoms with Crippen molar-refractivity contribution in [2.75, 3.05) is 18.6 Å². The second kappa shape index (κ2) is 9.68. The molecule has 8 nitrogen and oxygen atoms in total. The van der Waals surface area contributed by atoms with E-state index < -0.39 is 41.2 Å². The van der Waals surface area contributed by atoms with E-state index in [4.69, 9.17) is 4.74 Å². The smallest absolute Gasteiger partial charge is 0.324 e. The molecule has 2 aliphatic heterocycles. The normalized spacial score (nSPS) is 26.1. The van der Waals surface area contributed by atoms with E-state index in [0.29, 0.717) is 17.9 Å². The lowest BCUT2D eigenvalue weighted by Gasteiger charge is -2.31. The van der Waals surface area contributed by atoms with Crippen LogP contribution in [-0.4, -0.2) is 57.1 Å². The second-order valence-corrected chi connectivity index (χ2v) is 9.51. The van der Waals surface area contributed by atoms with Gasteiger partial charge in [-0.05, 0) is 37.0 Å². The maximum absolute atomic E-state index is 13.6. The third-order valence-electron chi connectivity index (χ3n) is 6.68. The SMILES string of the molecule is CCOc1cccc(C2NC(CCSC)(C(=O)O)C3C(=O)N(Cc4ccccc4)C(=O)C23)c1O. The Balaban J connectivity index is 1.81. The first kappa shape index (κ1) is 24.1. The summed E-state index contributed by atoms with van der Waals surface area (Å²) < 4.78 is 5.50. The highest BCUT2D eigenvalue weighted by molar-refractivity contribution is 7.98. The molecule has 2 aromatic carbocycles. The number of nitrogens with one attached hydrogen (secondary N) is 1. The van der Waals surface area contributed by atoms with Crippen molar-refractivity contribution >= 4 is 29.5 Å². The fourth-order valence-electron chi connectivity index (χ4n) is 5.11. The zero-order valence-corrected chi connectivity index (χ0v) is 19.9. The van der Waals surface area contributed by atoms with Crippen molar-refractivity contribution in [2.45, 2.75) is 31.5 Å². The van der Waals surface area contributed by atoms with E-state index in [-0.39, 0.29) is 24.5 Å². The average molecular weight is 485 g/mol. The fraction of sp³-hybridized carbons (Fsp3) is 0.400. The van der Waals surface area contributed by atoms with Crippen LogP contribution < -0.4 is 10.1 Å². The summed E-state index contributed by atoms with van der Waals surface area (Å²) >= 11 is 1.47. The Labute approximate surface area is 202 Å². The van der Waals surface area contributed by atoms with Crippen LogP contribution in [0.5, 0.6) is 11.5 Å². The number of imide groups is 1. The number of hydrogen-bond donors (Lipinski definition) is 3. The van der Waals surface area contributed by atoms with Crippen LogP contribution in [0.4, 0.5) is 0 Å². The van der Waals surface area contributed by atoms with Gasteiger partial charge >= 0.3 is 5.97 Å². The number of thioether (sulfide) groups is 1. The third kappa shape index (κ3) is 3.92. The van der Waals surface area contributed by atoms with Crippen molar-refractivity contribution in [2.24, 2.45) is 11.8 Å². The van der Waals surface area contributed by atoms with Crippen LogP contribution in [-0.2, 0) is 20.9 Å². The van der Waals surface area contributed by atoms with Gasteiger partial charge in [-0.2, -0.15) is 11.8 Å². The van der Waals surface area contributed by atoms with Gasteiger partial charge in [-0.15, -0.1) is 0 Å². The number of benzene rings is 2. The summed E-state index contributed by atoms with van der Waals surface area (Å²) in [4.78, 5) is 41.1. The number of carboxylic acids is 1. The van der Waals surface area contributed by atoms with Crippen LogP contribution >= 0.6 is 11.8 Å². The molecule has 34 heavy (non-hydrogen) atoms. The van der Waals surface area contributed by atoms with Gasteiger partial charge in [0, 0.05) is 11.6 Å². The molecule has 0 bridgehead atoms. The molecule has 180 valence electrons. The number of nitrogens with zero attached hydrogens (tertiary/aromatic N) is 1. The topological polar surface area (TPSA) is 116 Å². The lowest BCUT2D eigenvalue weighted by molar-refractivity contribution is -0.151. The summed E-state index contributed by atoms with van der Waals surface area (Å²) in [6.07, 6.45) is 2.02. The van der Waals surface area contributed by atoms with E-state index in [1.807, 2.05) is 36.6 Å². The minimum absolute atomic E-state index is 0.0709. The van der Waals surface area contributed by atoms with Gasteiger partial charge in [0.05, 0.1) is 25.0 Å². The molecule has 4 rings (SSSR count). The number of carbonyl (C=O) groups is 3. The Kier molecular flexibility index (Phi) is 6.86. The molecular weight excluding hydrogens is 456 g/mol. The zero-order valence-electron chi connectivity index (χ0n) is 19.1. The van der Waals surface area contributed by atoms with E-state index in [9.17, 15) is 24.6 Å². The standard InChI is InChI=1S/C25H28N2O6S/c1-3-33-17-11-7-10-16(21(17)28)20-18-19(25(26-20,24(31)32)12-13-34-2)23(30)27(22(18)29)14-15-8-5-4-6-9-15/h4-11,18-20,26,28H,3,12-14H2,1-2H3,(H,31,32). The number of hydrogen-bond acceptors (Lipinski definition) is 7. The van der Waals surface area contributed by atoms with E-state index in [1.54, 1.807) is 25.1 Å². The van der Waals surface area contributed by atoms with Gasteiger partial charge in [-0.25, -0.2) is 0 Å². The monoisotopic (exact) mass is 484 g/mol. The summed E-state index contributed by atoms with van der Waals surface area (Å²) in [6.45, 7) is 2.19. The van der Waals surface area contributed by atoms with Crippen LogP contribution in [0.15, 0.2) is 48.5 Å². The van der Waals surface area contributed by atoms with Gasteiger partial charge in [-0.1, -0.05) is 42.5 Å². The number of likely N-dealkylation sites (tertiary alicyclic amines) is 1. The molecule has 2 fully saturated rings. The minimum Gasteiger partial charge on any atom is -0.504 e. The van der Waals surface area contributed by atoms with Crippen molar-refractivity contribution in [1.82, 2.24) is 10.2 Å². The number of aliphatic carboxylic acids is 1. The van der Waals surface area contributed by atoms with Crippen molar-refractivity contribution < 1.29 is 29.3 Å². The second-order valence-electron chi connectivity index (χ2n) is 8.52. The quantitative estimate of drug-likeness (QED) is 0.466. The molecule has 9 heteroatoms. The summed E-state index contributed by atoms with van der Waals surface area (Å²) in [6, 6.07) is 13.2. The van der Waals surface area contributed by atoms with Crippen molar-refractivity contribution in [3.63, 3.8) is 0 Å². The Bertz CT molecular complexity index is 1090. The number of para-hydroxylation sites is 1. The van der Waals surface area contributed by atoms with Gasteiger partial charge in [0.1, 0.15) is 5.54 Å². The predicted octanol–water partition coefficient (Wildman–Crippen LogP) is 2.81. The van der Waals surface area contributed by atoms with Crippen LogP contribution in [0.25, 0.3) is 0 Å². The van der Waals surface area contributed by atoms with Crippen molar-refractivity contribution in [1.29, 1.82) is 0 Å². The molecule has 0 spiro atoms. The highest BCUT2D eigenvalue weighted by Crippen LogP contribution is 2.52. The van der Waals surface area contributed by atoms with Crippen molar-refractivity contribution in [3.05, 3.63) is 59.7 Å². The molecule has 2 saturated heterocycles. The summed E-state index contributed by atoms with van der Waals surface area (Å²) in [5.41, 5.74) is -0.513. The van der Waals surface area contributed by atoms with Gasteiger partial charge in [0.15, 0.2) is 11.5 Å². The maximum atomic E-state index is 13.6. The number of aromatic hydroxyl groups is 1. The first-order valence-electron chi connectivity index (χ1n) is 11.2. The number of fused-ring (bicyclic) bond motifs is 1. The van der Waals surface area contributed by atoms with Gasteiger partial charge in [-0.3, -0.25) is 24.6 Å². The van der Waals surface area contributed by atoms with Crippen LogP contribution in [0.3, 0.4) is 0 Å². The fourth-order valence-corrected chi connectivity index (χ4v) is 5.64. The van der Waals surface area contributed by atoms with Gasteiger partial charge in [0.2, 0.25) is 11.8 Å². The number of carbonyl (C=O) groups excluding carboxylic acids is 2. The number of carboxylic acid groups (broad SMARTS) is 1. The molecule has 0 aromatic heterocycles.